The molecule has 0 spiro atoms. The van der Waals surface area contributed by atoms with Crippen LogP contribution in [0.25, 0.3) is 0 Å². The van der Waals surface area contributed by atoms with Crippen molar-refractivity contribution in [2.45, 2.75) is 0 Å². The monoisotopic (exact) mass is 251 g/mol. The lowest BCUT2D eigenvalue weighted by atomic mass is 10.3. The molecule has 2 rings (SSSR count). The first kappa shape index (κ1) is 11.3. The van der Waals surface area contributed by atoms with Crippen molar-refractivity contribution in [3.8, 4) is 0 Å². The number of anilines is 3. The Balaban J connectivity index is 2.01. The topological polar surface area (TPSA) is 95.8 Å². The maximum atomic E-state index is 11.6. The number of amides is 2. The van der Waals surface area contributed by atoms with E-state index in [2.05, 4.69) is 20.8 Å². The van der Waals surface area contributed by atoms with E-state index in [0.29, 0.717) is 22.2 Å². The third-order valence-electron chi connectivity index (χ3n) is 1.99. The number of nitrogens with zero attached hydrogens (tertiary/aromatic N) is 1. The second-order valence-corrected chi connectivity index (χ2v) is 3.73. The van der Waals surface area contributed by atoms with Crippen molar-refractivity contribution >= 4 is 34.8 Å². The molecular weight excluding hydrogens is 242 g/mol. The van der Waals surface area contributed by atoms with Crippen molar-refractivity contribution in [1.82, 2.24) is 10.2 Å². The lowest BCUT2D eigenvalue weighted by Crippen LogP contribution is -2.20. The number of carbonyl (C=O) groups excluding carboxylic acids is 1. The summed E-state index contributed by atoms with van der Waals surface area (Å²) >= 11 is 5.79. The Hall–Kier alpha value is -2.21. The van der Waals surface area contributed by atoms with Crippen LogP contribution in [-0.4, -0.2) is 16.2 Å². The number of H-pyrrole nitrogens is 1. The number of hydrogen-bond donors (Lipinski definition) is 4. The molecule has 1 heterocycles. The SMILES string of the molecule is Nc1cn[nH]c1NC(=O)Nc1cccc(Cl)c1. The highest BCUT2D eigenvalue weighted by Crippen LogP contribution is 2.16. The average Bonchev–Trinajstić information content (AvgIpc) is 2.64. The van der Waals surface area contributed by atoms with Crippen LogP contribution in [0.4, 0.5) is 22.0 Å². The highest BCUT2D eigenvalue weighted by Gasteiger charge is 2.06. The third-order valence-corrected chi connectivity index (χ3v) is 2.22. The van der Waals surface area contributed by atoms with Gasteiger partial charge in [0.2, 0.25) is 0 Å². The Labute approximate surface area is 102 Å². The van der Waals surface area contributed by atoms with Gasteiger partial charge in [-0.3, -0.25) is 10.4 Å². The van der Waals surface area contributed by atoms with Gasteiger partial charge in [0.15, 0.2) is 5.82 Å². The van der Waals surface area contributed by atoms with E-state index in [1.165, 1.54) is 6.20 Å². The van der Waals surface area contributed by atoms with Crippen molar-refractivity contribution in [2.75, 3.05) is 16.4 Å². The molecule has 0 aliphatic carbocycles. The molecule has 1 aromatic carbocycles. The molecule has 0 fully saturated rings. The number of nitrogens with one attached hydrogen (secondary N) is 3. The van der Waals surface area contributed by atoms with Crippen LogP contribution in [-0.2, 0) is 0 Å². The second-order valence-electron chi connectivity index (χ2n) is 3.29. The van der Waals surface area contributed by atoms with Crippen LogP contribution in [0, 0.1) is 0 Å². The Bertz CT molecular complexity index is 539. The van der Waals surface area contributed by atoms with Gasteiger partial charge in [0.05, 0.1) is 11.9 Å². The summed E-state index contributed by atoms with van der Waals surface area (Å²) in [6.07, 6.45) is 1.41. The first-order chi connectivity index (χ1) is 8.15. The van der Waals surface area contributed by atoms with E-state index in [-0.39, 0.29) is 0 Å². The van der Waals surface area contributed by atoms with Gasteiger partial charge in [-0.2, -0.15) is 5.10 Å². The Morgan fingerprint density at radius 2 is 2.24 bits per heavy atom. The quantitative estimate of drug-likeness (QED) is 0.659. The lowest BCUT2D eigenvalue weighted by Gasteiger charge is -2.06. The zero-order chi connectivity index (χ0) is 12.3. The van der Waals surface area contributed by atoms with Crippen molar-refractivity contribution in [3.05, 3.63) is 35.5 Å². The van der Waals surface area contributed by atoms with Crippen molar-refractivity contribution in [1.29, 1.82) is 0 Å². The lowest BCUT2D eigenvalue weighted by molar-refractivity contribution is 0.262. The molecule has 88 valence electrons. The van der Waals surface area contributed by atoms with Crippen LogP contribution < -0.4 is 16.4 Å². The molecule has 5 N–H and O–H groups in total. The van der Waals surface area contributed by atoms with E-state index >= 15 is 0 Å². The molecule has 7 heteroatoms. The molecule has 0 saturated carbocycles. The van der Waals surface area contributed by atoms with E-state index in [9.17, 15) is 4.79 Å². The standard InChI is InChI=1S/C10H10ClN5O/c11-6-2-1-3-7(4-6)14-10(17)15-9-8(12)5-13-16-9/h1-5H,12H2,(H3,13,14,15,16,17). The molecule has 0 saturated heterocycles. The predicted molar refractivity (Wildman–Crippen MR) is 67.1 cm³/mol. The minimum Gasteiger partial charge on any atom is -0.394 e. The molecule has 0 atom stereocenters. The van der Waals surface area contributed by atoms with Crippen LogP contribution in [0.3, 0.4) is 0 Å². The smallest absolute Gasteiger partial charge is 0.324 e. The zero-order valence-electron chi connectivity index (χ0n) is 8.70. The number of rotatable bonds is 2. The number of aromatic nitrogens is 2. The average molecular weight is 252 g/mol. The number of aromatic amines is 1. The number of benzene rings is 1. The minimum absolute atomic E-state index is 0.351. The Kier molecular flexibility index (Phi) is 3.15. The van der Waals surface area contributed by atoms with E-state index < -0.39 is 6.03 Å². The van der Waals surface area contributed by atoms with Gasteiger partial charge in [-0.15, -0.1) is 0 Å². The summed E-state index contributed by atoms with van der Waals surface area (Å²) in [4.78, 5) is 11.6. The molecule has 1 aromatic heterocycles. The molecular formula is C10H10ClN5O. The first-order valence-electron chi connectivity index (χ1n) is 4.77. The van der Waals surface area contributed by atoms with Gasteiger partial charge in [0.25, 0.3) is 0 Å². The molecule has 0 bridgehead atoms. The summed E-state index contributed by atoms with van der Waals surface area (Å²) in [5.74, 6) is 0.351. The normalized spacial score (nSPS) is 9.94. The maximum Gasteiger partial charge on any atom is 0.324 e. The van der Waals surface area contributed by atoms with Gasteiger partial charge < -0.3 is 11.1 Å². The fraction of sp³-hybridized carbons (Fsp3) is 0. The van der Waals surface area contributed by atoms with Gasteiger partial charge in [-0.1, -0.05) is 17.7 Å². The molecule has 0 aliphatic rings. The second kappa shape index (κ2) is 4.75. The number of nitrogens with two attached hydrogens (primary N) is 1. The van der Waals surface area contributed by atoms with E-state index in [1.54, 1.807) is 24.3 Å². The molecule has 17 heavy (non-hydrogen) atoms. The number of halogens is 1. The van der Waals surface area contributed by atoms with E-state index in [0.717, 1.165) is 0 Å². The van der Waals surface area contributed by atoms with E-state index in [1.807, 2.05) is 0 Å². The summed E-state index contributed by atoms with van der Waals surface area (Å²) in [5, 5.41) is 11.9. The fourth-order valence-electron chi connectivity index (χ4n) is 1.24. The number of nitrogen functional groups attached to an aromatic ring is 1. The molecule has 0 unspecified atom stereocenters. The van der Waals surface area contributed by atoms with Crippen LogP contribution >= 0.6 is 11.6 Å². The Morgan fingerprint density at radius 3 is 2.88 bits per heavy atom. The number of carbonyl (C=O) groups is 1. The molecule has 2 aromatic rings. The summed E-state index contributed by atoms with van der Waals surface area (Å²) in [7, 11) is 0. The molecule has 0 radical (unpaired) electrons. The van der Waals surface area contributed by atoms with Gasteiger partial charge in [0, 0.05) is 10.7 Å². The highest BCUT2D eigenvalue weighted by atomic mass is 35.5. The highest BCUT2D eigenvalue weighted by molar-refractivity contribution is 6.30. The maximum absolute atomic E-state index is 11.6. The van der Waals surface area contributed by atoms with Gasteiger partial charge in [-0.05, 0) is 18.2 Å². The van der Waals surface area contributed by atoms with Gasteiger partial charge in [0.1, 0.15) is 0 Å². The van der Waals surface area contributed by atoms with Gasteiger partial charge in [-0.25, -0.2) is 4.79 Å². The largest absolute Gasteiger partial charge is 0.394 e. The summed E-state index contributed by atoms with van der Waals surface area (Å²) in [6.45, 7) is 0. The third kappa shape index (κ3) is 2.88. The zero-order valence-corrected chi connectivity index (χ0v) is 9.45. The van der Waals surface area contributed by atoms with Crippen LogP contribution in [0.5, 0.6) is 0 Å². The van der Waals surface area contributed by atoms with Crippen molar-refractivity contribution in [2.24, 2.45) is 0 Å². The Morgan fingerprint density at radius 1 is 1.41 bits per heavy atom. The molecule has 6 nitrogen and oxygen atoms in total. The van der Waals surface area contributed by atoms with Crippen LogP contribution in [0.1, 0.15) is 0 Å². The summed E-state index contributed by atoms with van der Waals surface area (Å²) in [5.41, 5.74) is 6.51. The molecule has 0 aliphatic heterocycles. The van der Waals surface area contributed by atoms with E-state index in [4.69, 9.17) is 17.3 Å². The summed E-state index contributed by atoms with van der Waals surface area (Å²) < 4.78 is 0. The minimum atomic E-state index is -0.428. The van der Waals surface area contributed by atoms with Crippen LogP contribution in [0.2, 0.25) is 5.02 Å². The van der Waals surface area contributed by atoms with Crippen LogP contribution in [0.15, 0.2) is 30.5 Å². The molecule has 2 amide bonds. The number of urea groups is 1. The van der Waals surface area contributed by atoms with Crippen molar-refractivity contribution in [3.63, 3.8) is 0 Å². The summed E-state index contributed by atoms with van der Waals surface area (Å²) in [6, 6.07) is 6.39. The fourth-order valence-corrected chi connectivity index (χ4v) is 1.43. The van der Waals surface area contributed by atoms with Crippen molar-refractivity contribution < 1.29 is 4.79 Å². The number of hydrogen-bond acceptors (Lipinski definition) is 3. The first-order valence-corrected chi connectivity index (χ1v) is 5.15. The van der Waals surface area contributed by atoms with Gasteiger partial charge >= 0.3 is 6.03 Å². The predicted octanol–water partition coefficient (Wildman–Crippen LogP) is 2.29.